The zero-order chi connectivity index (χ0) is 20.8. The van der Waals surface area contributed by atoms with Crippen molar-refractivity contribution in [2.75, 3.05) is 39.8 Å². The number of carbonyl (C=O) groups excluding carboxylic acids is 2. The molecule has 0 bridgehead atoms. The number of hydrogen-bond acceptors (Lipinski definition) is 5. The number of piperazine rings is 1. The number of aromatic amines is 1. The lowest BCUT2D eigenvalue weighted by atomic mass is 10.1. The molecule has 2 heterocycles. The second-order valence-electron chi connectivity index (χ2n) is 7.47. The lowest BCUT2D eigenvalue weighted by Gasteiger charge is -2.38. The first-order chi connectivity index (χ1) is 14.0. The average molecular weight is 399 g/mol. The molecule has 1 atom stereocenters. The van der Waals surface area contributed by atoms with Crippen molar-refractivity contribution in [2.45, 2.75) is 26.3 Å². The van der Waals surface area contributed by atoms with Gasteiger partial charge in [-0.1, -0.05) is 12.1 Å². The summed E-state index contributed by atoms with van der Waals surface area (Å²) in [7, 11) is 1.91. The van der Waals surface area contributed by atoms with E-state index in [1.165, 1.54) is 0 Å². The third kappa shape index (κ3) is 5.35. The largest absolute Gasteiger partial charge is 0.494 e. The summed E-state index contributed by atoms with van der Waals surface area (Å²) in [6, 6.07) is 7.54. The van der Waals surface area contributed by atoms with Crippen LogP contribution in [0.25, 0.3) is 0 Å². The molecule has 0 spiro atoms. The van der Waals surface area contributed by atoms with Crippen LogP contribution in [0.3, 0.4) is 0 Å². The standard InChI is InChI=1S/C21H29N5O3/c1-15-6-4-7-17(12-15)29-11-5-8-22-20(27)19-14-26(10-9-25(19)3)21(28)18-13-23-24-16(18)2/h4,6-7,12-13,19H,5,8-11,14H2,1-3H3,(H,22,27)(H,23,24). The monoisotopic (exact) mass is 399 g/mol. The number of aromatic nitrogens is 2. The SMILES string of the molecule is Cc1cccc(OCCCNC(=O)C2CN(C(=O)c3cn[nH]c3C)CCN2C)c1. The molecule has 1 aromatic carbocycles. The smallest absolute Gasteiger partial charge is 0.257 e. The van der Waals surface area contributed by atoms with Gasteiger partial charge in [0.25, 0.3) is 5.91 Å². The fourth-order valence-corrected chi connectivity index (χ4v) is 3.37. The molecule has 2 N–H and O–H groups in total. The summed E-state index contributed by atoms with van der Waals surface area (Å²) in [4.78, 5) is 29.1. The maximum absolute atomic E-state index is 12.7. The molecule has 8 nitrogen and oxygen atoms in total. The Hall–Kier alpha value is -2.87. The molecule has 2 amide bonds. The first kappa shape index (κ1) is 20.9. The Bertz CT molecular complexity index is 850. The predicted molar refractivity (Wildman–Crippen MR) is 110 cm³/mol. The summed E-state index contributed by atoms with van der Waals surface area (Å²) in [6.45, 7) is 6.52. The quantitative estimate of drug-likeness (QED) is 0.687. The zero-order valence-corrected chi connectivity index (χ0v) is 17.3. The van der Waals surface area contributed by atoms with E-state index in [4.69, 9.17) is 4.74 Å². The van der Waals surface area contributed by atoms with Crippen LogP contribution in [0.5, 0.6) is 5.75 Å². The van der Waals surface area contributed by atoms with E-state index in [9.17, 15) is 9.59 Å². The van der Waals surface area contributed by atoms with E-state index in [0.29, 0.717) is 44.8 Å². The Balaban J connectivity index is 1.45. The van der Waals surface area contributed by atoms with Gasteiger partial charge in [-0.2, -0.15) is 5.10 Å². The third-order valence-electron chi connectivity index (χ3n) is 5.18. The molecule has 29 heavy (non-hydrogen) atoms. The van der Waals surface area contributed by atoms with E-state index in [1.807, 2.05) is 50.1 Å². The normalized spacial score (nSPS) is 17.2. The highest BCUT2D eigenvalue weighted by atomic mass is 16.5. The van der Waals surface area contributed by atoms with E-state index < -0.39 is 0 Å². The fourth-order valence-electron chi connectivity index (χ4n) is 3.37. The second-order valence-corrected chi connectivity index (χ2v) is 7.47. The molecular weight excluding hydrogens is 370 g/mol. The van der Waals surface area contributed by atoms with Crippen LogP contribution >= 0.6 is 0 Å². The van der Waals surface area contributed by atoms with Gasteiger partial charge in [0.15, 0.2) is 0 Å². The molecular formula is C21H29N5O3. The van der Waals surface area contributed by atoms with Gasteiger partial charge in [0, 0.05) is 31.9 Å². The van der Waals surface area contributed by atoms with E-state index in [1.54, 1.807) is 11.1 Å². The van der Waals surface area contributed by atoms with Crippen LogP contribution in [0, 0.1) is 13.8 Å². The maximum Gasteiger partial charge on any atom is 0.257 e. The molecule has 0 radical (unpaired) electrons. The molecule has 1 fully saturated rings. The number of carbonyl (C=O) groups is 2. The molecule has 0 aliphatic carbocycles. The van der Waals surface area contributed by atoms with Gasteiger partial charge < -0.3 is 15.0 Å². The van der Waals surface area contributed by atoms with Crippen LogP contribution in [-0.4, -0.2) is 77.7 Å². The minimum Gasteiger partial charge on any atom is -0.494 e. The fraction of sp³-hybridized carbons (Fsp3) is 0.476. The Morgan fingerprint density at radius 2 is 2.14 bits per heavy atom. The number of likely N-dealkylation sites (N-methyl/N-ethyl adjacent to an activating group) is 1. The van der Waals surface area contributed by atoms with Crippen LogP contribution in [-0.2, 0) is 4.79 Å². The highest BCUT2D eigenvalue weighted by Gasteiger charge is 2.33. The van der Waals surface area contributed by atoms with Gasteiger partial charge in [-0.05, 0) is 45.0 Å². The van der Waals surface area contributed by atoms with Crippen molar-refractivity contribution in [1.82, 2.24) is 25.3 Å². The number of amides is 2. The lowest BCUT2D eigenvalue weighted by Crippen LogP contribution is -2.58. The van der Waals surface area contributed by atoms with Gasteiger partial charge in [-0.15, -0.1) is 0 Å². The first-order valence-corrected chi connectivity index (χ1v) is 9.92. The maximum atomic E-state index is 12.7. The van der Waals surface area contributed by atoms with Crippen molar-refractivity contribution < 1.29 is 14.3 Å². The van der Waals surface area contributed by atoms with Crippen molar-refractivity contribution in [3.63, 3.8) is 0 Å². The van der Waals surface area contributed by atoms with E-state index in [2.05, 4.69) is 15.5 Å². The van der Waals surface area contributed by atoms with Gasteiger partial charge in [-0.25, -0.2) is 0 Å². The summed E-state index contributed by atoms with van der Waals surface area (Å²) in [5, 5.41) is 9.67. The van der Waals surface area contributed by atoms with Crippen molar-refractivity contribution in [3.8, 4) is 5.75 Å². The molecule has 1 aromatic heterocycles. The number of nitrogens with one attached hydrogen (secondary N) is 2. The molecule has 3 rings (SSSR count). The Kier molecular flexibility index (Phi) is 6.87. The van der Waals surface area contributed by atoms with E-state index >= 15 is 0 Å². The van der Waals surface area contributed by atoms with Crippen molar-refractivity contribution in [3.05, 3.63) is 47.3 Å². The van der Waals surface area contributed by atoms with Crippen molar-refractivity contribution in [1.29, 1.82) is 0 Å². The Labute approximate surface area is 171 Å². The first-order valence-electron chi connectivity index (χ1n) is 9.92. The molecule has 8 heteroatoms. The summed E-state index contributed by atoms with van der Waals surface area (Å²) in [5.74, 6) is 0.685. The number of rotatable bonds is 7. The molecule has 0 saturated carbocycles. The molecule has 156 valence electrons. The van der Waals surface area contributed by atoms with Crippen LogP contribution in [0.2, 0.25) is 0 Å². The minimum atomic E-state index is -0.363. The summed E-state index contributed by atoms with van der Waals surface area (Å²) >= 11 is 0. The predicted octanol–water partition coefficient (Wildman–Crippen LogP) is 1.37. The van der Waals surface area contributed by atoms with Gasteiger partial charge in [0.2, 0.25) is 5.91 Å². The highest BCUT2D eigenvalue weighted by Crippen LogP contribution is 2.14. The summed E-state index contributed by atoms with van der Waals surface area (Å²) in [6.07, 6.45) is 2.26. The van der Waals surface area contributed by atoms with Gasteiger partial charge in [-0.3, -0.25) is 19.6 Å². The molecule has 1 saturated heterocycles. The van der Waals surface area contributed by atoms with Gasteiger partial charge >= 0.3 is 0 Å². The summed E-state index contributed by atoms with van der Waals surface area (Å²) < 4.78 is 5.71. The number of benzene rings is 1. The van der Waals surface area contributed by atoms with E-state index in [0.717, 1.165) is 17.0 Å². The summed E-state index contributed by atoms with van der Waals surface area (Å²) in [5.41, 5.74) is 2.45. The lowest BCUT2D eigenvalue weighted by molar-refractivity contribution is -0.127. The van der Waals surface area contributed by atoms with Gasteiger partial charge in [0.1, 0.15) is 11.8 Å². The van der Waals surface area contributed by atoms with E-state index in [-0.39, 0.29) is 17.9 Å². The zero-order valence-electron chi connectivity index (χ0n) is 17.3. The highest BCUT2D eigenvalue weighted by molar-refractivity contribution is 5.95. The molecule has 1 unspecified atom stereocenters. The number of H-pyrrole nitrogens is 1. The Morgan fingerprint density at radius 1 is 1.31 bits per heavy atom. The molecule has 2 aromatic rings. The minimum absolute atomic E-state index is 0.0653. The number of ether oxygens (including phenoxy) is 1. The second kappa shape index (κ2) is 9.56. The number of nitrogens with zero attached hydrogens (tertiary/aromatic N) is 3. The molecule has 1 aliphatic rings. The van der Waals surface area contributed by atoms with Crippen molar-refractivity contribution >= 4 is 11.8 Å². The number of hydrogen-bond donors (Lipinski definition) is 2. The topological polar surface area (TPSA) is 90.6 Å². The van der Waals surface area contributed by atoms with Gasteiger partial charge in [0.05, 0.1) is 18.4 Å². The van der Waals surface area contributed by atoms with Crippen LogP contribution in [0.1, 0.15) is 28.0 Å². The third-order valence-corrected chi connectivity index (χ3v) is 5.18. The van der Waals surface area contributed by atoms with Crippen LogP contribution in [0.4, 0.5) is 0 Å². The van der Waals surface area contributed by atoms with Crippen molar-refractivity contribution in [2.24, 2.45) is 0 Å². The van der Waals surface area contributed by atoms with Crippen LogP contribution < -0.4 is 10.1 Å². The average Bonchev–Trinajstić information content (AvgIpc) is 3.13. The molecule has 1 aliphatic heterocycles. The Morgan fingerprint density at radius 3 is 2.86 bits per heavy atom. The number of aryl methyl sites for hydroxylation is 2. The van der Waals surface area contributed by atoms with Crippen LogP contribution in [0.15, 0.2) is 30.5 Å².